The van der Waals surface area contributed by atoms with Crippen LogP contribution in [-0.4, -0.2) is 13.2 Å². The van der Waals surface area contributed by atoms with Gasteiger partial charge >= 0.3 is 0 Å². The van der Waals surface area contributed by atoms with Crippen molar-refractivity contribution in [1.82, 2.24) is 0 Å². The largest absolute Gasteiger partial charge is 0.489 e. The summed E-state index contributed by atoms with van der Waals surface area (Å²) in [4.78, 5) is 0. The van der Waals surface area contributed by atoms with Crippen LogP contribution in [0.15, 0.2) is 60.1 Å². The zero-order chi connectivity index (χ0) is 19.7. The quantitative estimate of drug-likeness (QED) is 0.490. The molecule has 0 saturated heterocycles. The van der Waals surface area contributed by atoms with Gasteiger partial charge in [-0.3, -0.25) is 0 Å². The number of allylic oxidation sites excluding steroid dienone is 7. The fourth-order valence-corrected chi connectivity index (χ4v) is 2.03. The van der Waals surface area contributed by atoms with Crippen LogP contribution in [0.25, 0.3) is 0 Å². The summed E-state index contributed by atoms with van der Waals surface area (Å²) in [6.45, 7) is 21.5. The summed E-state index contributed by atoms with van der Waals surface area (Å²) in [5.74, 6) is 2.43. The molecule has 1 aliphatic carbocycles. The molecule has 0 saturated carbocycles. The Labute approximate surface area is 157 Å². The highest BCUT2D eigenvalue weighted by Crippen LogP contribution is 2.22. The third kappa shape index (κ3) is 10.7. The van der Waals surface area contributed by atoms with E-state index in [-0.39, 0.29) is 0 Å². The summed E-state index contributed by atoms with van der Waals surface area (Å²) in [6.07, 6.45) is 13.5. The Hall–Kier alpha value is -1.70. The molecule has 0 aromatic rings. The molecular weight excluding hydrogens is 308 g/mol. The second kappa shape index (κ2) is 17.1. The van der Waals surface area contributed by atoms with Gasteiger partial charge in [-0.1, -0.05) is 86.3 Å². The maximum Gasteiger partial charge on any atom is 0.161 e. The Morgan fingerprint density at radius 1 is 0.920 bits per heavy atom. The summed E-state index contributed by atoms with van der Waals surface area (Å²) < 4.78 is 11.6. The zero-order valence-electron chi connectivity index (χ0n) is 17.8. The highest BCUT2D eigenvalue weighted by molar-refractivity contribution is 5.34. The molecule has 0 radical (unpaired) electrons. The van der Waals surface area contributed by atoms with E-state index in [9.17, 15) is 0 Å². The molecule has 0 fully saturated rings. The van der Waals surface area contributed by atoms with Crippen molar-refractivity contribution in [3.8, 4) is 0 Å². The maximum atomic E-state index is 5.84. The normalized spacial score (nSPS) is 23.1. The molecule has 1 aliphatic heterocycles. The minimum absolute atomic E-state index is 0.399. The second-order valence-corrected chi connectivity index (χ2v) is 5.23. The summed E-state index contributed by atoms with van der Waals surface area (Å²) in [5.41, 5.74) is 1.23. The molecule has 144 valence electrons. The molecule has 2 atom stereocenters. The van der Waals surface area contributed by atoms with E-state index < -0.39 is 0 Å². The monoisotopic (exact) mass is 348 g/mol. The van der Waals surface area contributed by atoms with Crippen LogP contribution in [0.3, 0.4) is 0 Å². The highest BCUT2D eigenvalue weighted by atomic mass is 16.5. The molecule has 1 heterocycles. The number of hydrogen-bond donors (Lipinski definition) is 0. The van der Waals surface area contributed by atoms with Gasteiger partial charge in [-0.25, -0.2) is 0 Å². The van der Waals surface area contributed by atoms with Crippen molar-refractivity contribution < 1.29 is 9.47 Å². The molecule has 2 heteroatoms. The molecule has 0 N–H and O–H groups in total. The Kier molecular flexibility index (Phi) is 17.5. The van der Waals surface area contributed by atoms with Gasteiger partial charge in [0.1, 0.15) is 0 Å². The van der Waals surface area contributed by atoms with E-state index in [1.807, 2.05) is 41.5 Å². The summed E-state index contributed by atoms with van der Waals surface area (Å²) in [5, 5.41) is 0. The van der Waals surface area contributed by atoms with Crippen LogP contribution in [-0.2, 0) is 9.47 Å². The Bertz CT molecular complexity index is 453. The first kappa shape index (κ1) is 25.5. The predicted molar refractivity (Wildman–Crippen MR) is 112 cm³/mol. The van der Waals surface area contributed by atoms with Crippen LogP contribution >= 0.6 is 0 Å². The van der Waals surface area contributed by atoms with Crippen molar-refractivity contribution >= 4 is 0 Å². The molecule has 25 heavy (non-hydrogen) atoms. The average molecular weight is 349 g/mol. The van der Waals surface area contributed by atoms with Crippen LogP contribution < -0.4 is 0 Å². The molecule has 2 unspecified atom stereocenters. The van der Waals surface area contributed by atoms with E-state index in [0.29, 0.717) is 25.0 Å². The van der Waals surface area contributed by atoms with E-state index >= 15 is 0 Å². The van der Waals surface area contributed by atoms with Gasteiger partial charge in [0.15, 0.2) is 11.5 Å². The van der Waals surface area contributed by atoms with Gasteiger partial charge < -0.3 is 9.47 Å². The Balaban J connectivity index is 0. The molecule has 0 amide bonds. The molecular formula is C23H40O2. The summed E-state index contributed by atoms with van der Waals surface area (Å²) in [7, 11) is 0. The Morgan fingerprint density at radius 3 is 2.04 bits per heavy atom. The molecule has 2 nitrogen and oxygen atoms in total. The van der Waals surface area contributed by atoms with Crippen molar-refractivity contribution in [2.45, 2.75) is 61.8 Å². The maximum absolute atomic E-state index is 5.84. The van der Waals surface area contributed by atoms with Gasteiger partial charge in [-0.15, -0.1) is 0 Å². The molecule has 2 aliphatic rings. The minimum atomic E-state index is 0.399. The number of rotatable bonds is 2. The van der Waals surface area contributed by atoms with E-state index in [2.05, 4.69) is 50.8 Å². The van der Waals surface area contributed by atoms with Crippen LogP contribution in [0, 0.1) is 11.8 Å². The molecule has 0 aromatic heterocycles. The molecule has 0 spiro atoms. The van der Waals surface area contributed by atoms with Crippen molar-refractivity contribution in [3.05, 3.63) is 60.1 Å². The van der Waals surface area contributed by atoms with Crippen LogP contribution in [0.5, 0.6) is 0 Å². The topological polar surface area (TPSA) is 18.5 Å². The van der Waals surface area contributed by atoms with Crippen LogP contribution in [0.4, 0.5) is 0 Å². The van der Waals surface area contributed by atoms with Crippen LogP contribution in [0.2, 0.25) is 0 Å². The lowest BCUT2D eigenvalue weighted by molar-refractivity contribution is 0.158. The lowest BCUT2D eigenvalue weighted by Gasteiger charge is -2.08. The van der Waals surface area contributed by atoms with E-state index in [0.717, 1.165) is 17.9 Å². The lowest BCUT2D eigenvalue weighted by Crippen LogP contribution is -2.07. The second-order valence-electron chi connectivity index (χ2n) is 5.23. The fraction of sp³-hybridized carbons (Fsp3) is 0.565. The summed E-state index contributed by atoms with van der Waals surface area (Å²) >= 11 is 0. The Morgan fingerprint density at radius 2 is 1.48 bits per heavy atom. The predicted octanol–water partition coefficient (Wildman–Crippen LogP) is 7.22. The average Bonchev–Trinajstić information content (AvgIpc) is 2.99. The van der Waals surface area contributed by atoms with Gasteiger partial charge in [0.2, 0.25) is 0 Å². The van der Waals surface area contributed by atoms with E-state index in [1.165, 1.54) is 5.57 Å². The van der Waals surface area contributed by atoms with Gasteiger partial charge in [0, 0.05) is 5.92 Å². The van der Waals surface area contributed by atoms with Crippen molar-refractivity contribution in [2.24, 2.45) is 11.8 Å². The summed E-state index contributed by atoms with van der Waals surface area (Å²) in [6, 6.07) is 0. The third-order valence-electron chi connectivity index (χ3n) is 3.20. The smallest absolute Gasteiger partial charge is 0.161 e. The van der Waals surface area contributed by atoms with E-state index in [4.69, 9.17) is 9.47 Å². The van der Waals surface area contributed by atoms with Gasteiger partial charge in [0.05, 0.1) is 13.2 Å². The van der Waals surface area contributed by atoms with Crippen LogP contribution in [0.1, 0.15) is 61.8 Å². The first-order valence-corrected chi connectivity index (χ1v) is 9.86. The highest BCUT2D eigenvalue weighted by Gasteiger charge is 2.15. The zero-order valence-corrected chi connectivity index (χ0v) is 17.8. The van der Waals surface area contributed by atoms with Gasteiger partial charge in [-0.05, 0) is 30.1 Å². The first-order chi connectivity index (χ1) is 12.2. The molecule has 0 bridgehead atoms. The van der Waals surface area contributed by atoms with Gasteiger partial charge in [-0.2, -0.15) is 0 Å². The standard InChI is InChI=1S/C17H22O2.3C2H6/c1-4-16-17(19-12-14(3)11-18-16)10-15-7-5-6-13(2)8-9-15;3*1-2/h4-6,8-10,13-14H,1,7,11-12H2,2-3H3;3*1-2H3/b15-10+;;;. The SMILES string of the molecule is C=CC1=C(/C=C2/C=CC(C)C=CC2)OCC(C)CO1.CC.CC.CC. The number of ether oxygens (including phenoxy) is 2. The van der Waals surface area contributed by atoms with Gasteiger partial charge in [0.25, 0.3) is 0 Å². The first-order valence-electron chi connectivity index (χ1n) is 9.86. The third-order valence-corrected chi connectivity index (χ3v) is 3.20. The number of hydrogen-bond acceptors (Lipinski definition) is 2. The molecule has 2 rings (SSSR count). The lowest BCUT2D eigenvalue weighted by atomic mass is 10.1. The van der Waals surface area contributed by atoms with Crippen molar-refractivity contribution in [1.29, 1.82) is 0 Å². The van der Waals surface area contributed by atoms with E-state index in [1.54, 1.807) is 6.08 Å². The van der Waals surface area contributed by atoms with Crippen molar-refractivity contribution in [3.63, 3.8) is 0 Å². The van der Waals surface area contributed by atoms with Crippen molar-refractivity contribution in [2.75, 3.05) is 13.2 Å². The minimum Gasteiger partial charge on any atom is -0.489 e. The molecule has 0 aromatic carbocycles. The fourth-order valence-electron chi connectivity index (χ4n) is 2.03.